The Kier molecular flexibility index (Phi) is 6.05. The second-order valence-electron chi connectivity index (χ2n) is 9.28. The summed E-state index contributed by atoms with van der Waals surface area (Å²) in [4.78, 5) is 26.1. The van der Waals surface area contributed by atoms with Crippen molar-refractivity contribution in [3.63, 3.8) is 0 Å². The molecule has 0 bridgehead atoms. The number of rotatable bonds is 4. The molecular formula is C31H24BrNO4. The minimum Gasteiger partial charge on any atom is -0.493 e. The number of carbonyl (C=O) groups is 2. The van der Waals surface area contributed by atoms with E-state index in [0.29, 0.717) is 23.5 Å². The van der Waals surface area contributed by atoms with Gasteiger partial charge in [-0.2, -0.15) is 0 Å². The predicted molar refractivity (Wildman–Crippen MR) is 147 cm³/mol. The number of nitrogens with one attached hydrogen (secondary N) is 1. The molecule has 1 aliphatic carbocycles. The van der Waals surface area contributed by atoms with Crippen molar-refractivity contribution < 1.29 is 19.1 Å². The van der Waals surface area contributed by atoms with E-state index in [2.05, 4.69) is 45.5 Å². The maximum atomic E-state index is 13.3. The van der Waals surface area contributed by atoms with Gasteiger partial charge in [0.2, 0.25) is 0 Å². The Bertz CT molecular complexity index is 1590. The molecule has 4 aromatic rings. The first-order valence-electron chi connectivity index (χ1n) is 12.2. The summed E-state index contributed by atoms with van der Waals surface area (Å²) in [6, 6.07) is 25.0. The molecule has 1 aliphatic heterocycles. The topological polar surface area (TPSA) is 64.6 Å². The van der Waals surface area contributed by atoms with Gasteiger partial charge in [-0.05, 0) is 77.2 Å². The number of fused-ring (bicyclic) bond motifs is 3. The molecule has 0 radical (unpaired) electrons. The first-order valence-corrected chi connectivity index (χ1v) is 13.0. The normalized spacial score (nSPS) is 16.6. The summed E-state index contributed by atoms with van der Waals surface area (Å²) in [5.74, 6) is 0.214. The average molecular weight is 554 g/mol. The Hall–Kier alpha value is -3.90. The summed E-state index contributed by atoms with van der Waals surface area (Å²) in [7, 11) is 1.55. The molecule has 0 spiro atoms. The van der Waals surface area contributed by atoms with Gasteiger partial charge in [-0.3, -0.25) is 4.79 Å². The van der Waals surface area contributed by atoms with Crippen molar-refractivity contribution in [3.8, 4) is 11.5 Å². The second-order valence-corrected chi connectivity index (χ2v) is 10.2. The Balaban J connectivity index is 1.46. The standard InChI is InChI=1S/C31H24BrNO4/c1-36-27-17-20(12-16-26(27)37-31(35)19-9-13-21(32)14-10-19)28-29-22-6-3-2-5-18(22)11-15-24(29)33-23-7-4-8-25(34)30(23)28/h2-3,5-6,9-17,28,33H,4,7-8H2,1H3. The molecule has 1 N–H and O–H groups in total. The van der Waals surface area contributed by atoms with Crippen LogP contribution < -0.4 is 14.8 Å². The fraction of sp³-hybridized carbons (Fsp3) is 0.161. The van der Waals surface area contributed by atoms with E-state index in [4.69, 9.17) is 9.47 Å². The van der Waals surface area contributed by atoms with E-state index in [1.165, 1.54) is 0 Å². The van der Waals surface area contributed by atoms with Crippen LogP contribution in [0.25, 0.3) is 10.8 Å². The van der Waals surface area contributed by atoms with Gasteiger partial charge in [0, 0.05) is 33.8 Å². The number of halogens is 1. The maximum absolute atomic E-state index is 13.3. The lowest BCUT2D eigenvalue weighted by Crippen LogP contribution is -2.27. The minimum atomic E-state index is -0.468. The molecule has 0 saturated heterocycles. The number of anilines is 1. The summed E-state index contributed by atoms with van der Waals surface area (Å²) in [5, 5.41) is 5.79. The number of hydrogen-bond acceptors (Lipinski definition) is 5. The van der Waals surface area contributed by atoms with Gasteiger partial charge in [0.15, 0.2) is 17.3 Å². The molecule has 37 heavy (non-hydrogen) atoms. The highest BCUT2D eigenvalue weighted by atomic mass is 79.9. The van der Waals surface area contributed by atoms with Gasteiger partial charge in [-0.15, -0.1) is 0 Å². The summed E-state index contributed by atoms with van der Waals surface area (Å²) in [5.41, 5.74) is 5.26. The highest BCUT2D eigenvalue weighted by Crippen LogP contribution is 2.49. The summed E-state index contributed by atoms with van der Waals surface area (Å²) < 4.78 is 12.3. The highest BCUT2D eigenvalue weighted by Gasteiger charge is 2.36. The molecule has 0 fully saturated rings. The molecule has 0 aromatic heterocycles. The van der Waals surface area contributed by atoms with E-state index >= 15 is 0 Å². The van der Waals surface area contributed by atoms with Crippen LogP contribution in [0.15, 0.2) is 94.6 Å². The molecule has 1 heterocycles. The molecule has 184 valence electrons. The minimum absolute atomic E-state index is 0.169. The van der Waals surface area contributed by atoms with E-state index in [0.717, 1.165) is 56.2 Å². The maximum Gasteiger partial charge on any atom is 0.343 e. The fourth-order valence-corrected chi connectivity index (χ4v) is 5.64. The van der Waals surface area contributed by atoms with Gasteiger partial charge >= 0.3 is 5.97 Å². The van der Waals surface area contributed by atoms with Crippen molar-refractivity contribution in [1.29, 1.82) is 0 Å². The number of ketones is 1. The molecule has 2 aliphatic rings. The van der Waals surface area contributed by atoms with Crippen LogP contribution in [0.1, 0.15) is 46.7 Å². The Morgan fingerprint density at radius 3 is 2.57 bits per heavy atom. The van der Waals surface area contributed by atoms with Gasteiger partial charge in [0.1, 0.15) is 0 Å². The van der Waals surface area contributed by atoms with E-state index < -0.39 is 5.97 Å². The molecule has 0 saturated carbocycles. The van der Waals surface area contributed by atoms with Gasteiger partial charge in [-0.25, -0.2) is 4.79 Å². The van der Waals surface area contributed by atoms with Crippen LogP contribution in [-0.2, 0) is 4.79 Å². The van der Waals surface area contributed by atoms with Crippen LogP contribution >= 0.6 is 15.9 Å². The Labute approximate surface area is 223 Å². The first-order chi connectivity index (χ1) is 18.0. The second kappa shape index (κ2) is 9.52. The molecule has 0 amide bonds. The van der Waals surface area contributed by atoms with E-state index in [9.17, 15) is 9.59 Å². The molecule has 6 rings (SSSR count). The summed E-state index contributed by atoms with van der Waals surface area (Å²) in [6.07, 6.45) is 2.22. The van der Waals surface area contributed by atoms with E-state index in [1.807, 2.05) is 24.3 Å². The molecule has 1 unspecified atom stereocenters. The lowest BCUT2D eigenvalue weighted by atomic mass is 9.74. The zero-order valence-electron chi connectivity index (χ0n) is 20.2. The van der Waals surface area contributed by atoms with Crippen molar-refractivity contribution >= 4 is 44.1 Å². The van der Waals surface area contributed by atoms with Gasteiger partial charge < -0.3 is 14.8 Å². The smallest absolute Gasteiger partial charge is 0.343 e. The number of allylic oxidation sites excluding steroid dienone is 2. The fourth-order valence-electron chi connectivity index (χ4n) is 5.38. The van der Waals surface area contributed by atoms with Crippen molar-refractivity contribution in [3.05, 3.63) is 111 Å². The van der Waals surface area contributed by atoms with Crippen molar-refractivity contribution in [2.75, 3.05) is 12.4 Å². The number of hydrogen-bond donors (Lipinski definition) is 1. The number of ether oxygens (including phenoxy) is 2. The largest absolute Gasteiger partial charge is 0.493 e. The summed E-state index contributed by atoms with van der Waals surface area (Å²) in [6.45, 7) is 0. The lowest BCUT2D eigenvalue weighted by molar-refractivity contribution is -0.116. The lowest BCUT2D eigenvalue weighted by Gasteiger charge is -2.35. The first kappa shape index (κ1) is 23.5. The van der Waals surface area contributed by atoms with Crippen molar-refractivity contribution in [2.24, 2.45) is 0 Å². The number of methoxy groups -OCH3 is 1. The zero-order chi connectivity index (χ0) is 25.5. The number of esters is 1. The van der Waals surface area contributed by atoms with Gasteiger partial charge in [-0.1, -0.05) is 52.3 Å². The number of benzene rings is 4. The van der Waals surface area contributed by atoms with Crippen molar-refractivity contribution in [1.82, 2.24) is 0 Å². The summed E-state index contributed by atoms with van der Waals surface area (Å²) >= 11 is 3.38. The monoisotopic (exact) mass is 553 g/mol. The van der Waals surface area contributed by atoms with Crippen LogP contribution in [-0.4, -0.2) is 18.9 Å². The van der Waals surface area contributed by atoms with Gasteiger partial charge in [0.05, 0.1) is 12.7 Å². The third-order valence-electron chi connectivity index (χ3n) is 7.09. The molecule has 5 nitrogen and oxygen atoms in total. The Morgan fingerprint density at radius 1 is 0.946 bits per heavy atom. The SMILES string of the molecule is COc1cc(C2C3=C(CCCC3=O)Nc3ccc4ccccc4c32)ccc1OC(=O)c1ccc(Br)cc1. The number of Topliss-reactive ketones (excluding diaryl/α,β-unsaturated/α-hetero) is 1. The van der Waals surface area contributed by atoms with Crippen LogP contribution in [0.4, 0.5) is 5.69 Å². The molecular weight excluding hydrogens is 530 g/mol. The van der Waals surface area contributed by atoms with Crippen LogP contribution in [0.3, 0.4) is 0 Å². The third-order valence-corrected chi connectivity index (χ3v) is 7.62. The Morgan fingerprint density at radius 2 is 1.76 bits per heavy atom. The van der Waals surface area contributed by atoms with E-state index in [-0.39, 0.29) is 11.7 Å². The van der Waals surface area contributed by atoms with E-state index in [1.54, 1.807) is 37.4 Å². The van der Waals surface area contributed by atoms with Crippen LogP contribution in [0.5, 0.6) is 11.5 Å². The third kappa shape index (κ3) is 4.21. The number of carbonyl (C=O) groups excluding carboxylic acids is 2. The molecule has 6 heteroatoms. The van der Waals surface area contributed by atoms with Crippen LogP contribution in [0.2, 0.25) is 0 Å². The predicted octanol–water partition coefficient (Wildman–Crippen LogP) is 7.39. The average Bonchev–Trinajstić information content (AvgIpc) is 2.92. The molecule has 1 atom stereocenters. The van der Waals surface area contributed by atoms with Crippen LogP contribution in [0, 0.1) is 0 Å². The molecule has 4 aromatic carbocycles. The van der Waals surface area contributed by atoms with Gasteiger partial charge in [0.25, 0.3) is 0 Å². The quantitative estimate of drug-likeness (QED) is 0.211. The highest BCUT2D eigenvalue weighted by molar-refractivity contribution is 9.10. The zero-order valence-corrected chi connectivity index (χ0v) is 21.8. The van der Waals surface area contributed by atoms with Crippen molar-refractivity contribution in [2.45, 2.75) is 25.2 Å².